The van der Waals surface area contributed by atoms with E-state index < -0.39 is 0 Å². The third kappa shape index (κ3) is 4.79. The van der Waals surface area contributed by atoms with Gasteiger partial charge in [-0.3, -0.25) is 14.3 Å². The maximum absolute atomic E-state index is 12.4. The first-order valence-corrected chi connectivity index (χ1v) is 8.07. The molecular formula is C16H26N4O3. The predicted octanol–water partition coefficient (Wildman–Crippen LogP) is 0.965. The molecule has 0 spiro atoms. The summed E-state index contributed by atoms with van der Waals surface area (Å²) in [6.45, 7) is 5.86. The minimum atomic E-state index is -0.163. The van der Waals surface area contributed by atoms with Crippen molar-refractivity contribution in [1.82, 2.24) is 20.0 Å². The van der Waals surface area contributed by atoms with Crippen LogP contribution in [0, 0.1) is 5.92 Å². The van der Waals surface area contributed by atoms with Gasteiger partial charge in [-0.25, -0.2) is 0 Å². The zero-order valence-corrected chi connectivity index (χ0v) is 14.1. The van der Waals surface area contributed by atoms with Crippen LogP contribution in [0.25, 0.3) is 0 Å². The fourth-order valence-corrected chi connectivity index (χ4v) is 2.71. The topological polar surface area (TPSA) is 76.5 Å². The SMILES string of the molecule is COCC(=O)NC[C@H]1CN(C(=O)CCC(C)C)Cc2ccnn21. The average Bonchev–Trinajstić information content (AvgIpc) is 2.98. The van der Waals surface area contributed by atoms with Gasteiger partial charge in [-0.05, 0) is 18.4 Å². The lowest BCUT2D eigenvalue weighted by Gasteiger charge is -2.34. The monoisotopic (exact) mass is 322 g/mol. The molecule has 1 atom stereocenters. The molecule has 0 unspecified atom stereocenters. The lowest BCUT2D eigenvalue weighted by molar-refractivity contribution is -0.133. The molecular weight excluding hydrogens is 296 g/mol. The van der Waals surface area contributed by atoms with Gasteiger partial charge >= 0.3 is 0 Å². The van der Waals surface area contributed by atoms with E-state index >= 15 is 0 Å². The largest absolute Gasteiger partial charge is 0.375 e. The number of ether oxygens (including phenoxy) is 1. The molecule has 0 aliphatic carbocycles. The summed E-state index contributed by atoms with van der Waals surface area (Å²) >= 11 is 0. The van der Waals surface area contributed by atoms with Crippen molar-refractivity contribution >= 4 is 11.8 Å². The Kier molecular flexibility index (Phi) is 6.15. The van der Waals surface area contributed by atoms with Crippen LogP contribution in [0.1, 0.15) is 38.4 Å². The van der Waals surface area contributed by atoms with Gasteiger partial charge in [0.05, 0.1) is 18.3 Å². The summed E-state index contributed by atoms with van der Waals surface area (Å²) in [6, 6.07) is 1.88. The molecule has 1 aromatic heterocycles. The normalized spacial score (nSPS) is 17.2. The Labute approximate surface area is 137 Å². The van der Waals surface area contributed by atoms with Crippen LogP contribution in [-0.4, -0.2) is 53.3 Å². The molecule has 0 aromatic carbocycles. The van der Waals surface area contributed by atoms with Crippen molar-refractivity contribution in [2.24, 2.45) is 5.92 Å². The number of aromatic nitrogens is 2. The van der Waals surface area contributed by atoms with Crippen LogP contribution in [0.5, 0.6) is 0 Å². The third-order valence-electron chi connectivity index (χ3n) is 3.98. The molecule has 7 heteroatoms. The van der Waals surface area contributed by atoms with E-state index in [2.05, 4.69) is 24.3 Å². The highest BCUT2D eigenvalue weighted by Crippen LogP contribution is 2.21. The van der Waals surface area contributed by atoms with Gasteiger partial charge in [-0.15, -0.1) is 0 Å². The quantitative estimate of drug-likeness (QED) is 0.811. The third-order valence-corrected chi connectivity index (χ3v) is 3.98. The molecule has 2 amide bonds. The zero-order valence-electron chi connectivity index (χ0n) is 14.1. The summed E-state index contributed by atoms with van der Waals surface area (Å²) in [7, 11) is 1.49. The molecule has 0 saturated heterocycles. The Morgan fingerprint density at radius 3 is 2.96 bits per heavy atom. The number of hydrogen-bond donors (Lipinski definition) is 1. The number of nitrogens with zero attached hydrogens (tertiary/aromatic N) is 3. The van der Waals surface area contributed by atoms with Gasteiger partial charge in [0.1, 0.15) is 6.61 Å². The van der Waals surface area contributed by atoms with Crippen LogP contribution in [0.3, 0.4) is 0 Å². The summed E-state index contributed by atoms with van der Waals surface area (Å²) in [5.41, 5.74) is 1.00. The smallest absolute Gasteiger partial charge is 0.246 e. The van der Waals surface area contributed by atoms with Crippen LogP contribution < -0.4 is 5.32 Å². The number of carbonyl (C=O) groups is 2. The Morgan fingerprint density at radius 2 is 2.26 bits per heavy atom. The Morgan fingerprint density at radius 1 is 1.48 bits per heavy atom. The molecule has 0 radical (unpaired) electrons. The van der Waals surface area contributed by atoms with E-state index in [0.717, 1.165) is 12.1 Å². The average molecular weight is 322 g/mol. The molecule has 1 aliphatic heterocycles. The van der Waals surface area contributed by atoms with E-state index in [1.165, 1.54) is 7.11 Å². The first kappa shape index (κ1) is 17.5. The van der Waals surface area contributed by atoms with E-state index in [1.807, 2.05) is 15.6 Å². The minimum Gasteiger partial charge on any atom is -0.375 e. The molecule has 23 heavy (non-hydrogen) atoms. The number of hydrogen-bond acceptors (Lipinski definition) is 4. The number of rotatable bonds is 7. The molecule has 1 aliphatic rings. The lowest BCUT2D eigenvalue weighted by atomic mass is 10.1. The second kappa shape index (κ2) is 8.10. The summed E-state index contributed by atoms with van der Waals surface area (Å²) in [5, 5.41) is 7.16. The van der Waals surface area contributed by atoms with Crippen molar-refractivity contribution in [1.29, 1.82) is 0 Å². The van der Waals surface area contributed by atoms with E-state index in [0.29, 0.717) is 32.0 Å². The number of methoxy groups -OCH3 is 1. The van der Waals surface area contributed by atoms with E-state index in [-0.39, 0.29) is 24.5 Å². The van der Waals surface area contributed by atoms with Gasteiger partial charge in [0.2, 0.25) is 11.8 Å². The molecule has 0 fully saturated rings. The summed E-state index contributed by atoms with van der Waals surface area (Å²) < 4.78 is 6.71. The van der Waals surface area contributed by atoms with Crippen LogP contribution in [0.4, 0.5) is 0 Å². The lowest BCUT2D eigenvalue weighted by Crippen LogP contribution is -2.45. The molecule has 2 heterocycles. The van der Waals surface area contributed by atoms with Crippen molar-refractivity contribution in [2.45, 2.75) is 39.3 Å². The van der Waals surface area contributed by atoms with Gasteiger partial charge < -0.3 is 15.0 Å². The van der Waals surface area contributed by atoms with Gasteiger partial charge in [0.15, 0.2) is 0 Å². The molecule has 1 N–H and O–H groups in total. The van der Waals surface area contributed by atoms with Gasteiger partial charge in [-0.2, -0.15) is 5.10 Å². The highest BCUT2D eigenvalue weighted by Gasteiger charge is 2.28. The van der Waals surface area contributed by atoms with Crippen molar-refractivity contribution in [3.8, 4) is 0 Å². The molecule has 0 saturated carbocycles. The Hall–Kier alpha value is -1.89. The maximum Gasteiger partial charge on any atom is 0.246 e. The second-order valence-corrected chi connectivity index (χ2v) is 6.36. The van der Waals surface area contributed by atoms with Crippen molar-refractivity contribution < 1.29 is 14.3 Å². The Bertz CT molecular complexity index is 541. The molecule has 7 nitrogen and oxygen atoms in total. The van der Waals surface area contributed by atoms with Gasteiger partial charge in [0, 0.05) is 32.8 Å². The van der Waals surface area contributed by atoms with Crippen molar-refractivity contribution in [3.05, 3.63) is 18.0 Å². The number of nitrogens with one attached hydrogen (secondary N) is 1. The first-order valence-electron chi connectivity index (χ1n) is 8.07. The summed E-state index contributed by atoms with van der Waals surface area (Å²) in [4.78, 5) is 25.9. The number of amides is 2. The molecule has 1 aromatic rings. The molecule has 0 bridgehead atoms. The maximum atomic E-state index is 12.4. The summed E-state index contributed by atoms with van der Waals surface area (Å²) in [5.74, 6) is 0.516. The standard InChI is InChI=1S/C16H26N4O3/c1-12(2)4-5-16(22)19-9-13-6-7-18-20(13)14(10-19)8-17-15(21)11-23-3/h6-7,12,14H,4-5,8-11H2,1-3H3,(H,17,21)/t14-/m0/s1. The van der Waals surface area contributed by atoms with Gasteiger partial charge in [-0.1, -0.05) is 13.8 Å². The number of carbonyl (C=O) groups excluding carboxylic acids is 2. The minimum absolute atomic E-state index is 0.0374. The van der Waals surface area contributed by atoms with Crippen LogP contribution >= 0.6 is 0 Å². The zero-order chi connectivity index (χ0) is 16.8. The van der Waals surface area contributed by atoms with Crippen LogP contribution in [0.2, 0.25) is 0 Å². The first-order chi connectivity index (χ1) is 11.0. The fraction of sp³-hybridized carbons (Fsp3) is 0.688. The van der Waals surface area contributed by atoms with E-state index in [9.17, 15) is 9.59 Å². The highest BCUT2D eigenvalue weighted by molar-refractivity contribution is 5.77. The Balaban J connectivity index is 1.98. The van der Waals surface area contributed by atoms with Crippen molar-refractivity contribution in [2.75, 3.05) is 26.8 Å². The van der Waals surface area contributed by atoms with Gasteiger partial charge in [0.25, 0.3) is 0 Å². The summed E-state index contributed by atoms with van der Waals surface area (Å²) in [6.07, 6.45) is 3.19. The predicted molar refractivity (Wildman–Crippen MR) is 85.6 cm³/mol. The molecule has 128 valence electrons. The van der Waals surface area contributed by atoms with E-state index in [1.54, 1.807) is 6.20 Å². The molecule has 2 rings (SSSR count). The number of fused-ring (bicyclic) bond motifs is 1. The fourth-order valence-electron chi connectivity index (χ4n) is 2.71. The van der Waals surface area contributed by atoms with E-state index in [4.69, 9.17) is 4.74 Å². The van der Waals surface area contributed by atoms with Crippen LogP contribution in [0.15, 0.2) is 12.3 Å². The van der Waals surface area contributed by atoms with Crippen molar-refractivity contribution in [3.63, 3.8) is 0 Å². The second-order valence-electron chi connectivity index (χ2n) is 6.36. The van der Waals surface area contributed by atoms with Crippen LogP contribution in [-0.2, 0) is 20.9 Å². The highest BCUT2D eigenvalue weighted by atomic mass is 16.5.